The number of carboxylic acids is 1. The molecule has 0 atom stereocenters. The van der Waals surface area contributed by atoms with Gasteiger partial charge in [0, 0.05) is 12.3 Å². The van der Waals surface area contributed by atoms with Crippen molar-refractivity contribution in [3.8, 4) is 5.75 Å². The van der Waals surface area contributed by atoms with Crippen molar-refractivity contribution in [1.82, 2.24) is 4.98 Å². The molecule has 0 spiro atoms. The summed E-state index contributed by atoms with van der Waals surface area (Å²) < 4.78 is 5.12. The second-order valence-corrected chi connectivity index (χ2v) is 4.77. The number of aliphatic hydroxyl groups excluding tert-OH is 1. The molecule has 0 bridgehead atoms. The molecule has 2 rings (SSSR count). The van der Waals surface area contributed by atoms with Gasteiger partial charge in [-0.3, -0.25) is 4.98 Å². The van der Waals surface area contributed by atoms with Gasteiger partial charge in [0.25, 0.3) is 0 Å². The first-order valence-electron chi connectivity index (χ1n) is 6.80. The van der Waals surface area contributed by atoms with E-state index < -0.39 is 11.7 Å². The number of ether oxygens (including phenoxy) is 1. The van der Waals surface area contributed by atoms with Gasteiger partial charge >= 0.3 is 5.97 Å². The van der Waals surface area contributed by atoms with Gasteiger partial charge in [0.05, 0.1) is 12.8 Å². The van der Waals surface area contributed by atoms with E-state index in [0.29, 0.717) is 5.69 Å². The zero-order valence-corrected chi connectivity index (χ0v) is 12.2. The summed E-state index contributed by atoms with van der Waals surface area (Å²) in [6.07, 6.45) is 4.51. The van der Waals surface area contributed by atoms with Gasteiger partial charge < -0.3 is 14.9 Å². The lowest BCUT2D eigenvalue weighted by Crippen LogP contribution is -1.99. The second kappa shape index (κ2) is 7.26. The molecule has 5 nitrogen and oxygen atoms in total. The van der Waals surface area contributed by atoms with Crippen LogP contribution in [0, 0.1) is 0 Å². The van der Waals surface area contributed by atoms with Gasteiger partial charge in [-0.2, -0.15) is 0 Å². The number of hydrogen-bond donors (Lipinski definition) is 2. The topological polar surface area (TPSA) is 79.7 Å². The number of pyridine rings is 1. The van der Waals surface area contributed by atoms with E-state index in [2.05, 4.69) is 4.98 Å². The van der Waals surface area contributed by atoms with Crippen LogP contribution in [0.3, 0.4) is 0 Å². The predicted molar refractivity (Wildman–Crippen MR) is 82.9 cm³/mol. The van der Waals surface area contributed by atoms with Crippen LogP contribution in [0.1, 0.15) is 16.8 Å². The van der Waals surface area contributed by atoms with Crippen LogP contribution in [-0.4, -0.2) is 28.3 Å². The quantitative estimate of drug-likeness (QED) is 0.633. The van der Waals surface area contributed by atoms with Gasteiger partial charge in [0.2, 0.25) is 5.76 Å². The van der Waals surface area contributed by atoms with Crippen molar-refractivity contribution in [1.29, 1.82) is 0 Å². The Balaban J connectivity index is 1.96. The van der Waals surface area contributed by atoms with E-state index in [-0.39, 0.29) is 0 Å². The number of aliphatic carboxylic acids is 1. The molecule has 22 heavy (non-hydrogen) atoms. The highest BCUT2D eigenvalue weighted by Gasteiger charge is 2.04. The van der Waals surface area contributed by atoms with Crippen molar-refractivity contribution in [3.05, 3.63) is 65.2 Å². The fourth-order valence-corrected chi connectivity index (χ4v) is 1.95. The third-order valence-electron chi connectivity index (χ3n) is 3.21. The SMILES string of the molecule is COc1ccc(CCc2ccc(/C=C(\O)C(=O)O)nc2)cc1. The molecular formula is C17H17NO4. The number of methoxy groups -OCH3 is 1. The van der Waals surface area contributed by atoms with E-state index in [4.69, 9.17) is 14.9 Å². The Labute approximate surface area is 128 Å². The molecule has 5 heteroatoms. The number of rotatable bonds is 6. The first-order valence-corrected chi connectivity index (χ1v) is 6.80. The standard InChI is InChI=1S/C17H17NO4/c1-22-15-8-5-12(6-9-15)2-3-13-4-7-14(18-11-13)10-16(19)17(20)21/h4-11,19H,2-3H2,1H3,(H,20,21)/b16-10-. The highest BCUT2D eigenvalue weighted by atomic mass is 16.5. The third-order valence-corrected chi connectivity index (χ3v) is 3.21. The van der Waals surface area contributed by atoms with Gasteiger partial charge in [-0.05, 0) is 42.2 Å². The molecule has 0 amide bonds. The van der Waals surface area contributed by atoms with Crippen LogP contribution in [0.2, 0.25) is 0 Å². The number of aryl methyl sites for hydroxylation is 2. The van der Waals surface area contributed by atoms with Crippen molar-refractivity contribution in [2.45, 2.75) is 12.8 Å². The molecule has 1 heterocycles. The average Bonchev–Trinajstić information content (AvgIpc) is 2.54. The van der Waals surface area contributed by atoms with E-state index in [9.17, 15) is 4.79 Å². The van der Waals surface area contributed by atoms with Crippen LogP contribution in [0.5, 0.6) is 5.75 Å². The molecule has 2 N–H and O–H groups in total. The van der Waals surface area contributed by atoms with Crippen LogP contribution >= 0.6 is 0 Å². The monoisotopic (exact) mass is 299 g/mol. The summed E-state index contributed by atoms with van der Waals surface area (Å²) in [6, 6.07) is 11.5. The molecule has 0 aliphatic rings. The van der Waals surface area contributed by atoms with Gasteiger partial charge in [0.1, 0.15) is 5.75 Å². The largest absolute Gasteiger partial charge is 0.502 e. The Morgan fingerprint density at radius 1 is 1.09 bits per heavy atom. The summed E-state index contributed by atoms with van der Waals surface area (Å²) in [5, 5.41) is 17.7. The zero-order chi connectivity index (χ0) is 15.9. The molecule has 1 aromatic carbocycles. The lowest BCUT2D eigenvalue weighted by atomic mass is 10.1. The van der Waals surface area contributed by atoms with Gasteiger partial charge in [-0.15, -0.1) is 0 Å². The maximum absolute atomic E-state index is 10.5. The molecule has 0 radical (unpaired) electrons. The number of aliphatic hydroxyl groups is 1. The Kier molecular flexibility index (Phi) is 5.14. The van der Waals surface area contributed by atoms with Gasteiger partial charge in [-0.25, -0.2) is 4.79 Å². The fourth-order valence-electron chi connectivity index (χ4n) is 1.95. The molecule has 0 aliphatic heterocycles. The third kappa shape index (κ3) is 4.34. The highest BCUT2D eigenvalue weighted by Crippen LogP contribution is 2.13. The number of benzene rings is 1. The maximum atomic E-state index is 10.5. The fraction of sp³-hybridized carbons (Fsp3) is 0.176. The van der Waals surface area contributed by atoms with Crippen LogP contribution in [0.4, 0.5) is 0 Å². The van der Waals surface area contributed by atoms with Gasteiger partial charge in [0.15, 0.2) is 0 Å². The summed E-state index contributed by atoms with van der Waals surface area (Å²) in [4.78, 5) is 14.6. The van der Waals surface area contributed by atoms with Crippen molar-refractivity contribution in [2.24, 2.45) is 0 Å². The molecular weight excluding hydrogens is 282 g/mol. The summed E-state index contributed by atoms with van der Waals surface area (Å²) in [6.45, 7) is 0. The first-order chi connectivity index (χ1) is 10.6. The Morgan fingerprint density at radius 3 is 2.27 bits per heavy atom. The first kappa shape index (κ1) is 15.6. The van der Waals surface area contributed by atoms with Crippen molar-refractivity contribution in [3.63, 3.8) is 0 Å². The second-order valence-electron chi connectivity index (χ2n) is 4.77. The van der Waals surface area contributed by atoms with Gasteiger partial charge in [-0.1, -0.05) is 18.2 Å². The molecule has 0 fully saturated rings. The van der Waals surface area contributed by atoms with E-state index in [1.54, 1.807) is 19.4 Å². The van der Waals surface area contributed by atoms with E-state index in [1.807, 2.05) is 30.3 Å². The number of nitrogens with zero attached hydrogens (tertiary/aromatic N) is 1. The lowest BCUT2D eigenvalue weighted by Gasteiger charge is -2.04. The zero-order valence-electron chi connectivity index (χ0n) is 12.2. The maximum Gasteiger partial charge on any atom is 0.371 e. The Morgan fingerprint density at radius 2 is 1.73 bits per heavy atom. The summed E-state index contributed by atoms with van der Waals surface area (Å²) in [5.74, 6) is -1.26. The lowest BCUT2D eigenvalue weighted by molar-refractivity contribution is -0.135. The Hall–Kier alpha value is -2.82. The van der Waals surface area contributed by atoms with Crippen molar-refractivity contribution < 1.29 is 19.7 Å². The molecule has 0 saturated heterocycles. The average molecular weight is 299 g/mol. The van der Waals surface area contributed by atoms with Crippen LogP contribution in [-0.2, 0) is 17.6 Å². The molecule has 114 valence electrons. The Bertz CT molecular complexity index is 660. The van der Waals surface area contributed by atoms with Crippen LogP contribution in [0.25, 0.3) is 6.08 Å². The molecule has 2 aromatic rings. The highest BCUT2D eigenvalue weighted by molar-refractivity contribution is 5.88. The molecule has 0 saturated carbocycles. The molecule has 0 aliphatic carbocycles. The summed E-state index contributed by atoms with van der Waals surface area (Å²) in [7, 11) is 1.64. The van der Waals surface area contributed by atoms with E-state index in [0.717, 1.165) is 30.2 Å². The summed E-state index contributed by atoms with van der Waals surface area (Å²) >= 11 is 0. The number of carboxylic acid groups (broad SMARTS) is 1. The minimum atomic E-state index is -1.37. The van der Waals surface area contributed by atoms with Crippen molar-refractivity contribution in [2.75, 3.05) is 7.11 Å². The smallest absolute Gasteiger partial charge is 0.371 e. The van der Waals surface area contributed by atoms with Crippen LogP contribution < -0.4 is 4.74 Å². The minimum absolute atomic E-state index is 0.410. The number of carbonyl (C=O) groups is 1. The predicted octanol–water partition coefficient (Wildman–Crippen LogP) is 2.86. The normalized spacial score (nSPS) is 11.2. The summed E-state index contributed by atoms with van der Waals surface area (Å²) in [5.41, 5.74) is 2.66. The number of aromatic nitrogens is 1. The minimum Gasteiger partial charge on any atom is -0.502 e. The van der Waals surface area contributed by atoms with Crippen LogP contribution in [0.15, 0.2) is 48.4 Å². The molecule has 0 unspecified atom stereocenters. The van der Waals surface area contributed by atoms with Crippen molar-refractivity contribution >= 4 is 12.0 Å². The van der Waals surface area contributed by atoms with E-state index >= 15 is 0 Å². The number of hydrogen-bond acceptors (Lipinski definition) is 4. The van der Waals surface area contributed by atoms with E-state index in [1.165, 1.54) is 5.56 Å². The molecule has 1 aromatic heterocycles.